The maximum absolute atomic E-state index is 12.4. The molecule has 0 aliphatic rings. The predicted molar refractivity (Wildman–Crippen MR) is 77.9 cm³/mol. The summed E-state index contributed by atoms with van der Waals surface area (Å²) in [4.78, 5) is 10.6. The molecule has 1 aromatic rings. The van der Waals surface area contributed by atoms with Crippen LogP contribution in [0.15, 0.2) is 24.3 Å². The average molecular weight is 310 g/mol. The van der Waals surface area contributed by atoms with E-state index in [0.717, 1.165) is 0 Å². The topological polar surface area (TPSA) is 98.5 Å². The molecule has 0 radical (unpaired) electrons. The first-order valence-corrected chi connectivity index (χ1v) is 8.07. The first kappa shape index (κ1) is 17.1. The van der Waals surface area contributed by atoms with Gasteiger partial charge in [-0.15, -0.1) is 0 Å². The molecule has 0 aliphatic heterocycles. The molecule has 21 heavy (non-hydrogen) atoms. The molecule has 0 saturated carbocycles. The molecule has 0 spiro atoms. The smallest absolute Gasteiger partial charge is 0.304 e. The number of benzene rings is 1. The SMILES string of the molecule is CC(C)N(CCC(=O)O)S(=O)(=O)Cc1cccc(C#N)c1. The van der Waals surface area contributed by atoms with Gasteiger partial charge in [0.05, 0.1) is 23.8 Å². The zero-order valence-corrected chi connectivity index (χ0v) is 12.8. The summed E-state index contributed by atoms with van der Waals surface area (Å²) >= 11 is 0. The maximum Gasteiger partial charge on any atom is 0.304 e. The average Bonchev–Trinajstić information content (AvgIpc) is 2.37. The number of hydrogen-bond donors (Lipinski definition) is 1. The van der Waals surface area contributed by atoms with Gasteiger partial charge in [-0.1, -0.05) is 12.1 Å². The second-order valence-electron chi connectivity index (χ2n) is 4.92. The Kier molecular flexibility index (Phi) is 5.88. The molecule has 0 fully saturated rings. The quantitative estimate of drug-likeness (QED) is 0.824. The molecule has 0 heterocycles. The van der Waals surface area contributed by atoms with Crippen molar-refractivity contribution in [3.05, 3.63) is 35.4 Å². The molecule has 7 heteroatoms. The number of nitriles is 1. The molecule has 0 unspecified atom stereocenters. The van der Waals surface area contributed by atoms with Crippen LogP contribution in [-0.4, -0.2) is 36.4 Å². The van der Waals surface area contributed by atoms with Crippen molar-refractivity contribution in [2.24, 2.45) is 0 Å². The number of aliphatic carboxylic acids is 1. The lowest BCUT2D eigenvalue weighted by Gasteiger charge is -2.25. The van der Waals surface area contributed by atoms with Crippen LogP contribution in [0.2, 0.25) is 0 Å². The van der Waals surface area contributed by atoms with Crippen LogP contribution in [0.4, 0.5) is 0 Å². The van der Waals surface area contributed by atoms with Crippen molar-refractivity contribution in [3.8, 4) is 6.07 Å². The lowest BCUT2D eigenvalue weighted by atomic mass is 10.2. The van der Waals surface area contributed by atoms with Crippen LogP contribution in [-0.2, 0) is 20.6 Å². The Morgan fingerprint density at radius 1 is 1.43 bits per heavy atom. The maximum atomic E-state index is 12.4. The van der Waals surface area contributed by atoms with Crippen molar-refractivity contribution in [1.29, 1.82) is 5.26 Å². The van der Waals surface area contributed by atoms with E-state index in [-0.39, 0.29) is 24.8 Å². The summed E-state index contributed by atoms with van der Waals surface area (Å²) in [6.45, 7) is 3.34. The van der Waals surface area contributed by atoms with Gasteiger partial charge in [0.1, 0.15) is 0 Å². The van der Waals surface area contributed by atoms with Crippen molar-refractivity contribution in [1.82, 2.24) is 4.31 Å². The molecule has 0 aliphatic carbocycles. The number of nitrogens with zero attached hydrogens (tertiary/aromatic N) is 2. The van der Waals surface area contributed by atoms with Crippen LogP contribution in [0.5, 0.6) is 0 Å². The molecule has 6 nitrogen and oxygen atoms in total. The van der Waals surface area contributed by atoms with Crippen molar-refractivity contribution < 1.29 is 18.3 Å². The van der Waals surface area contributed by atoms with Crippen molar-refractivity contribution in [2.45, 2.75) is 32.1 Å². The van der Waals surface area contributed by atoms with Gasteiger partial charge in [-0.05, 0) is 31.5 Å². The second kappa shape index (κ2) is 7.20. The van der Waals surface area contributed by atoms with E-state index in [4.69, 9.17) is 10.4 Å². The summed E-state index contributed by atoms with van der Waals surface area (Å²) < 4.78 is 26.0. The Labute approximate surface area is 124 Å². The summed E-state index contributed by atoms with van der Waals surface area (Å²) in [6.07, 6.45) is -0.240. The summed E-state index contributed by atoms with van der Waals surface area (Å²) in [7, 11) is -3.63. The molecule has 0 atom stereocenters. The minimum Gasteiger partial charge on any atom is -0.481 e. The molecular formula is C14H18N2O4S. The number of rotatable bonds is 7. The highest BCUT2D eigenvalue weighted by molar-refractivity contribution is 7.88. The summed E-state index contributed by atoms with van der Waals surface area (Å²) in [5.41, 5.74) is 0.902. The third-order valence-corrected chi connectivity index (χ3v) is 4.90. The highest BCUT2D eigenvalue weighted by atomic mass is 32.2. The van der Waals surface area contributed by atoms with E-state index in [1.54, 1.807) is 32.0 Å². The molecule has 1 aromatic carbocycles. The van der Waals surface area contributed by atoms with Crippen molar-refractivity contribution in [3.63, 3.8) is 0 Å². The van der Waals surface area contributed by atoms with Gasteiger partial charge in [-0.2, -0.15) is 9.57 Å². The van der Waals surface area contributed by atoms with Gasteiger partial charge in [0.15, 0.2) is 0 Å². The first-order valence-electron chi connectivity index (χ1n) is 6.46. The molecule has 0 amide bonds. The van der Waals surface area contributed by atoms with Gasteiger partial charge in [-0.25, -0.2) is 8.42 Å². The van der Waals surface area contributed by atoms with Gasteiger partial charge in [-0.3, -0.25) is 4.79 Å². The van der Waals surface area contributed by atoms with E-state index in [1.165, 1.54) is 10.4 Å². The molecule has 114 valence electrons. The zero-order valence-electron chi connectivity index (χ0n) is 12.0. The van der Waals surface area contributed by atoms with E-state index in [2.05, 4.69) is 0 Å². The van der Waals surface area contributed by atoms with Crippen LogP contribution in [0, 0.1) is 11.3 Å². The van der Waals surface area contributed by atoms with Gasteiger partial charge in [0, 0.05) is 12.6 Å². The van der Waals surface area contributed by atoms with Crippen molar-refractivity contribution >= 4 is 16.0 Å². The van der Waals surface area contributed by atoms with Crippen LogP contribution in [0.25, 0.3) is 0 Å². The fourth-order valence-electron chi connectivity index (χ4n) is 1.95. The third-order valence-electron chi connectivity index (χ3n) is 2.88. The number of sulfonamides is 1. The lowest BCUT2D eigenvalue weighted by Crippen LogP contribution is -2.39. The molecule has 0 aromatic heterocycles. The third kappa shape index (κ3) is 5.17. The van der Waals surface area contributed by atoms with Crippen molar-refractivity contribution in [2.75, 3.05) is 6.54 Å². The van der Waals surface area contributed by atoms with Gasteiger partial charge in [0.25, 0.3) is 0 Å². The summed E-state index contributed by atoms with van der Waals surface area (Å²) in [5, 5.41) is 17.5. The van der Waals surface area contributed by atoms with E-state index in [1.807, 2.05) is 6.07 Å². The normalized spacial score (nSPS) is 11.6. The van der Waals surface area contributed by atoms with Gasteiger partial charge >= 0.3 is 5.97 Å². The highest BCUT2D eigenvalue weighted by Crippen LogP contribution is 2.15. The highest BCUT2D eigenvalue weighted by Gasteiger charge is 2.25. The molecule has 0 saturated heterocycles. The van der Waals surface area contributed by atoms with Crippen LogP contribution in [0.3, 0.4) is 0 Å². The van der Waals surface area contributed by atoms with E-state index in [9.17, 15) is 13.2 Å². The Bertz CT molecular complexity index is 647. The number of carboxylic acids is 1. The number of carbonyl (C=O) groups is 1. The molecular weight excluding hydrogens is 292 g/mol. The van der Waals surface area contributed by atoms with Gasteiger partial charge < -0.3 is 5.11 Å². The van der Waals surface area contributed by atoms with E-state index >= 15 is 0 Å². The Morgan fingerprint density at radius 2 is 2.10 bits per heavy atom. The minimum absolute atomic E-state index is 0.0622. The monoisotopic (exact) mass is 310 g/mol. The fraction of sp³-hybridized carbons (Fsp3) is 0.429. The molecule has 1 N–H and O–H groups in total. The molecule has 1 rings (SSSR count). The molecule has 0 bridgehead atoms. The Balaban J connectivity index is 2.95. The number of hydrogen-bond acceptors (Lipinski definition) is 4. The van der Waals surface area contributed by atoms with Crippen LogP contribution < -0.4 is 0 Å². The van der Waals surface area contributed by atoms with Gasteiger partial charge in [0.2, 0.25) is 10.0 Å². The fourth-order valence-corrected chi connectivity index (χ4v) is 3.73. The first-order chi connectivity index (χ1) is 9.76. The zero-order chi connectivity index (χ0) is 16.0. The summed E-state index contributed by atoms with van der Waals surface area (Å²) in [6, 6.07) is 8.01. The second-order valence-corrected chi connectivity index (χ2v) is 6.84. The summed E-state index contributed by atoms with van der Waals surface area (Å²) in [5.74, 6) is -1.29. The lowest BCUT2D eigenvalue weighted by molar-refractivity contribution is -0.137. The number of carboxylic acid groups (broad SMARTS) is 1. The predicted octanol–water partition coefficient (Wildman–Crippen LogP) is 1.57. The largest absolute Gasteiger partial charge is 0.481 e. The minimum atomic E-state index is -3.63. The van der Waals surface area contributed by atoms with Crippen LogP contribution in [0.1, 0.15) is 31.4 Å². The van der Waals surface area contributed by atoms with E-state index < -0.39 is 16.0 Å². The van der Waals surface area contributed by atoms with Crippen LogP contribution >= 0.6 is 0 Å². The standard InChI is InChI=1S/C14H18N2O4S/c1-11(2)16(7-6-14(17)18)21(19,20)10-13-5-3-4-12(8-13)9-15/h3-5,8,11H,6-7,10H2,1-2H3,(H,17,18). The Hall–Kier alpha value is -1.91. The van der Waals surface area contributed by atoms with E-state index in [0.29, 0.717) is 11.1 Å². The Morgan fingerprint density at radius 3 is 2.62 bits per heavy atom.